The molecule has 14 heavy (non-hydrogen) atoms. The van der Waals surface area contributed by atoms with Crippen molar-refractivity contribution in [2.75, 3.05) is 13.2 Å². The minimum absolute atomic E-state index is 0.159. The smallest absolute Gasteiger partial charge is 0.350 e. The summed E-state index contributed by atoms with van der Waals surface area (Å²) >= 11 is 0. The normalized spacial score (nSPS) is 10.9. The van der Waals surface area contributed by atoms with Crippen LogP contribution in [-0.4, -0.2) is 13.2 Å². The summed E-state index contributed by atoms with van der Waals surface area (Å²) in [6.07, 6.45) is 2.33. The topological polar surface area (TPSA) is 44.8 Å². The van der Waals surface area contributed by atoms with E-state index in [2.05, 4.69) is 12.0 Å². The Morgan fingerprint density at radius 2 is 1.71 bits per heavy atom. The molecule has 0 bridgehead atoms. The van der Waals surface area contributed by atoms with Gasteiger partial charge in [-0.3, -0.25) is 9.05 Å². The van der Waals surface area contributed by atoms with E-state index in [1.807, 2.05) is 13.8 Å². The Morgan fingerprint density at radius 3 is 2.07 bits per heavy atom. The molecular formula is C9H17O4P. The van der Waals surface area contributed by atoms with Crippen LogP contribution in [-0.2, 0) is 18.1 Å². The molecule has 0 radical (unpaired) electrons. The van der Waals surface area contributed by atoms with E-state index in [-0.39, 0.29) is 19.1 Å². The average molecular weight is 220 g/mol. The van der Waals surface area contributed by atoms with E-state index in [4.69, 9.17) is 13.6 Å². The lowest BCUT2D eigenvalue weighted by Crippen LogP contribution is -1.97. The number of hydrogen-bond acceptors (Lipinski definition) is 4. The molecule has 0 saturated heterocycles. The molecule has 0 rings (SSSR count). The third-order valence-electron chi connectivity index (χ3n) is 1.08. The Labute approximate surface area is 85.5 Å². The van der Waals surface area contributed by atoms with Crippen LogP contribution < -0.4 is 0 Å². The zero-order chi connectivity index (χ0) is 11.0. The largest absolute Gasteiger partial charge is 0.538 e. The molecule has 0 aliphatic rings. The van der Waals surface area contributed by atoms with Gasteiger partial charge in [-0.1, -0.05) is 19.8 Å². The molecule has 0 spiro atoms. The van der Waals surface area contributed by atoms with Gasteiger partial charge in [0.05, 0.1) is 13.2 Å². The zero-order valence-electron chi connectivity index (χ0n) is 9.07. The van der Waals surface area contributed by atoms with Crippen LogP contribution in [0.15, 0.2) is 0 Å². The van der Waals surface area contributed by atoms with E-state index >= 15 is 0 Å². The van der Waals surface area contributed by atoms with E-state index in [0.717, 1.165) is 0 Å². The highest BCUT2D eigenvalue weighted by molar-refractivity contribution is 7.48. The fourth-order valence-electron chi connectivity index (χ4n) is 0.606. The van der Waals surface area contributed by atoms with Gasteiger partial charge in [-0.05, 0) is 13.8 Å². The molecule has 0 amide bonds. The Hall–Kier alpha value is -0.490. The van der Waals surface area contributed by atoms with E-state index < -0.39 is 7.82 Å². The predicted octanol–water partition coefficient (Wildman–Crippen LogP) is 2.80. The standard InChI is InChI=1S/C9H17O4P/c1-5-11-14(10,12-6-2)13-8-7-9(3)4/h9H,5-6H2,1-4H3. The lowest BCUT2D eigenvalue weighted by atomic mass is 10.2. The molecule has 0 aromatic rings. The van der Waals surface area contributed by atoms with E-state index in [9.17, 15) is 4.57 Å². The molecule has 0 heterocycles. The highest BCUT2D eigenvalue weighted by Gasteiger charge is 2.25. The van der Waals surface area contributed by atoms with E-state index in [0.29, 0.717) is 0 Å². The van der Waals surface area contributed by atoms with Crippen LogP contribution in [0.1, 0.15) is 27.7 Å². The van der Waals surface area contributed by atoms with Crippen molar-refractivity contribution in [3.63, 3.8) is 0 Å². The SMILES string of the molecule is CCOP(=O)(OC#CC(C)C)OCC. The van der Waals surface area contributed by atoms with Gasteiger partial charge in [-0.25, -0.2) is 4.57 Å². The highest BCUT2D eigenvalue weighted by Crippen LogP contribution is 2.48. The van der Waals surface area contributed by atoms with Crippen LogP contribution in [0, 0.1) is 17.9 Å². The van der Waals surface area contributed by atoms with Gasteiger partial charge in [0.25, 0.3) is 0 Å². The second-order valence-electron chi connectivity index (χ2n) is 2.78. The van der Waals surface area contributed by atoms with Crippen LogP contribution in [0.4, 0.5) is 0 Å². The minimum atomic E-state index is -3.45. The van der Waals surface area contributed by atoms with Crippen LogP contribution in [0.3, 0.4) is 0 Å². The summed E-state index contributed by atoms with van der Waals surface area (Å²) < 4.78 is 26.1. The van der Waals surface area contributed by atoms with Gasteiger partial charge in [-0.15, -0.1) is 0 Å². The van der Waals surface area contributed by atoms with Crippen molar-refractivity contribution in [1.82, 2.24) is 0 Å². The Morgan fingerprint density at radius 1 is 1.21 bits per heavy atom. The summed E-state index contributed by atoms with van der Waals surface area (Å²) in [6.45, 7) is 7.77. The van der Waals surface area contributed by atoms with Gasteiger partial charge < -0.3 is 4.52 Å². The quantitative estimate of drug-likeness (QED) is 0.528. The number of phosphoric acid groups is 1. The molecule has 0 unspecified atom stereocenters. The van der Waals surface area contributed by atoms with Crippen molar-refractivity contribution in [1.29, 1.82) is 0 Å². The fourth-order valence-corrected chi connectivity index (χ4v) is 1.58. The molecule has 0 aromatic heterocycles. The first-order chi connectivity index (χ1) is 6.54. The first-order valence-corrected chi connectivity index (χ1v) is 6.08. The van der Waals surface area contributed by atoms with Crippen molar-refractivity contribution in [2.45, 2.75) is 27.7 Å². The van der Waals surface area contributed by atoms with Crippen LogP contribution in [0.5, 0.6) is 0 Å². The maximum atomic E-state index is 11.6. The summed E-state index contributed by atoms with van der Waals surface area (Å²) in [5.41, 5.74) is 0. The van der Waals surface area contributed by atoms with Gasteiger partial charge in [0, 0.05) is 5.92 Å². The summed E-state index contributed by atoms with van der Waals surface area (Å²) in [5, 5.41) is 0. The molecule has 5 heteroatoms. The van der Waals surface area contributed by atoms with Crippen molar-refractivity contribution in [3.8, 4) is 12.0 Å². The van der Waals surface area contributed by atoms with Gasteiger partial charge in [0.15, 0.2) is 0 Å². The molecule has 0 N–H and O–H groups in total. The molecule has 0 atom stereocenters. The summed E-state index contributed by atoms with van der Waals surface area (Å²) in [4.78, 5) is 0. The van der Waals surface area contributed by atoms with E-state index in [1.54, 1.807) is 13.8 Å². The van der Waals surface area contributed by atoms with Gasteiger partial charge in [0.2, 0.25) is 0 Å². The highest BCUT2D eigenvalue weighted by atomic mass is 31.2. The Balaban J connectivity index is 4.25. The predicted molar refractivity (Wildman–Crippen MR) is 54.6 cm³/mol. The second kappa shape index (κ2) is 6.89. The molecule has 0 aliphatic carbocycles. The zero-order valence-corrected chi connectivity index (χ0v) is 9.97. The third-order valence-corrected chi connectivity index (χ3v) is 2.54. The lowest BCUT2D eigenvalue weighted by Gasteiger charge is -2.12. The second-order valence-corrected chi connectivity index (χ2v) is 4.37. The van der Waals surface area contributed by atoms with Crippen molar-refractivity contribution in [3.05, 3.63) is 0 Å². The van der Waals surface area contributed by atoms with Crippen LogP contribution in [0.25, 0.3) is 0 Å². The van der Waals surface area contributed by atoms with Gasteiger partial charge >= 0.3 is 7.82 Å². The van der Waals surface area contributed by atoms with Gasteiger partial charge in [-0.2, -0.15) is 0 Å². The first-order valence-electron chi connectivity index (χ1n) is 4.62. The summed E-state index contributed by atoms with van der Waals surface area (Å²) in [7, 11) is -3.45. The molecule has 82 valence electrons. The van der Waals surface area contributed by atoms with Crippen LogP contribution in [0.2, 0.25) is 0 Å². The lowest BCUT2D eigenvalue weighted by molar-refractivity contribution is 0.159. The van der Waals surface area contributed by atoms with Crippen molar-refractivity contribution in [2.24, 2.45) is 5.92 Å². The molecule has 0 aliphatic heterocycles. The molecule has 0 fully saturated rings. The van der Waals surface area contributed by atoms with Crippen molar-refractivity contribution >= 4 is 7.82 Å². The first kappa shape index (κ1) is 13.5. The molecular weight excluding hydrogens is 203 g/mol. The van der Waals surface area contributed by atoms with E-state index in [1.165, 1.54) is 0 Å². The van der Waals surface area contributed by atoms with Crippen molar-refractivity contribution < 1.29 is 18.1 Å². The number of hydrogen-bond donors (Lipinski definition) is 0. The minimum Gasteiger partial charge on any atom is -0.350 e. The maximum Gasteiger partial charge on any atom is 0.538 e. The fraction of sp³-hybridized carbons (Fsp3) is 0.778. The molecule has 0 saturated carbocycles. The monoisotopic (exact) mass is 220 g/mol. The van der Waals surface area contributed by atoms with Crippen LogP contribution >= 0.6 is 7.82 Å². The Kier molecular flexibility index (Phi) is 6.65. The Bertz CT molecular complexity index is 241. The van der Waals surface area contributed by atoms with Gasteiger partial charge in [0.1, 0.15) is 6.11 Å². The molecule has 0 aromatic carbocycles. The third kappa shape index (κ3) is 6.04. The maximum absolute atomic E-state index is 11.6. The molecule has 4 nitrogen and oxygen atoms in total. The number of phosphoric ester groups is 1. The summed E-state index contributed by atoms with van der Waals surface area (Å²) in [6, 6.07) is 0. The average Bonchev–Trinajstić information content (AvgIpc) is 2.03. The summed E-state index contributed by atoms with van der Waals surface area (Å²) in [5.74, 6) is 2.87. The number of rotatable bonds is 5.